The number of aliphatic hydroxyl groups is 1. The van der Waals surface area contributed by atoms with Gasteiger partial charge in [-0.05, 0) is 22.0 Å². The highest BCUT2D eigenvalue weighted by molar-refractivity contribution is 9.10. The Labute approximate surface area is 107 Å². The maximum atomic E-state index is 10.9. The smallest absolute Gasteiger partial charge is 0.339 e. The average Bonchev–Trinajstić information content (AvgIpc) is 2.30. The maximum absolute atomic E-state index is 10.9. The molecule has 1 aromatic rings. The predicted molar refractivity (Wildman–Crippen MR) is 66.9 cm³/mol. The minimum Gasteiger partial charge on any atom is -0.478 e. The highest BCUT2D eigenvalue weighted by Gasteiger charge is 2.11. The van der Waals surface area contributed by atoms with E-state index in [0.29, 0.717) is 10.9 Å². The number of carboxylic acids is 1. The van der Waals surface area contributed by atoms with Crippen LogP contribution in [0.1, 0.15) is 16.8 Å². The Morgan fingerprint density at radius 2 is 2.29 bits per heavy atom. The zero-order chi connectivity index (χ0) is 12.7. The van der Waals surface area contributed by atoms with Gasteiger partial charge in [0.15, 0.2) is 0 Å². The minimum atomic E-state index is -1.05. The number of aromatic carboxylic acids is 1. The number of rotatable bonds is 4. The Kier molecular flexibility index (Phi) is 5.46. The van der Waals surface area contributed by atoms with Crippen LogP contribution in [-0.2, 0) is 0 Å². The first-order valence-electron chi connectivity index (χ1n) is 4.84. The number of aromatic nitrogens is 1. The molecule has 17 heavy (non-hydrogen) atoms. The second-order valence-electron chi connectivity index (χ2n) is 3.04. The van der Waals surface area contributed by atoms with Crippen LogP contribution in [0.15, 0.2) is 16.7 Å². The van der Waals surface area contributed by atoms with Gasteiger partial charge in [-0.1, -0.05) is 11.8 Å². The Morgan fingerprint density at radius 3 is 2.94 bits per heavy atom. The summed E-state index contributed by atoms with van der Waals surface area (Å²) in [5.74, 6) is 4.69. The zero-order valence-electron chi connectivity index (χ0n) is 8.90. The molecule has 6 heteroatoms. The molecule has 0 spiro atoms. The molecule has 0 amide bonds. The number of anilines is 1. The number of nitrogens with one attached hydrogen (secondary N) is 1. The molecular weight excluding hydrogens is 288 g/mol. The van der Waals surface area contributed by atoms with Crippen LogP contribution in [0.25, 0.3) is 0 Å². The van der Waals surface area contributed by atoms with Gasteiger partial charge in [0.05, 0.1) is 13.2 Å². The Hall–Kier alpha value is -1.58. The fraction of sp³-hybridized carbons (Fsp3) is 0.273. The monoisotopic (exact) mass is 298 g/mol. The first kappa shape index (κ1) is 13.5. The van der Waals surface area contributed by atoms with E-state index in [1.54, 1.807) is 0 Å². The van der Waals surface area contributed by atoms with E-state index in [0.717, 1.165) is 0 Å². The summed E-state index contributed by atoms with van der Waals surface area (Å²) in [4.78, 5) is 14.9. The molecule has 1 heterocycles. The van der Waals surface area contributed by atoms with E-state index in [-0.39, 0.29) is 24.5 Å². The molecular formula is C11H11BrN2O3. The van der Waals surface area contributed by atoms with Crippen molar-refractivity contribution in [2.75, 3.05) is 18.5 Å². The molecule has 0 aliphatic heterocycles. The van der Waals surface area contributed by atoms with Crippen molar-refractivity contribution < 1.29 is 15.0 Å². The Bertz CT molecular complexity index is 466. The molecule has 0 aliphatic carbocycles. The third-order valence-electron chi connectivity index (χ3n) is 1.79. The first-order chi connectivity index (χ1) is 8.15. The lowest BCUT2D eigenvalue weighted by Crippen LogP contribution is -2.08. The van der Waals surface area contributed by atoms with Crippen molar-refractivity contribution in [1.82, 2.24) is 4.98 Å². The summed E-state index contributed by atoms with van der Waals surface area (Å²) in [6.07, 6.45) is 1.91. The molecule has 0 saturated heterocycles. The van der Waals surface area contributed by atoms with Crippen LogP contribution in [0.4, 0.5) is 5.82 Å². The van der Waals surface area contributed by atoms with E-state index >= 15 is 0 Å². The number of carboxylic acid groups (broad SMARTS) is 1. The van der Waals surface area contributed by atoms with Crippen molar-refractivity contribution in [2.24, 2.45) is 0 Å². The molecule has 0 unspecified atom stereocenters. The lowest BCUT2D eigenvalue weighted by molar-refractivity contribution is 0.0697. The van der Waals surface area contributed by atoms with Crippen molar-refractivity contribution in [1.29, 1.82) is 0 Å². The molecule has 1 rings (SSSR count). The number of hydrogen-bond acceptors (Lipinski definition) is 4. The summed E-state index contributed by atoms with van der Waals surface area (Å²) >= 11 is 3.16. The van der Waals surface area contributed by atoms with E-state index in [1.807, 2.05) is 0 Å². The van der Waals surface area contributed by atoms with Crippen LogP contribution >= 0.6 is 15.9 Å². The molecule has 1 aromatic heterocycles. The molecule has 90 valence electrons. The minimum absolute atomic E-state index is 0.0178. The molecule has 0 radical (unpaired) electrons. The molecule has 0 bridgehead atoms. The second kappa shape index (κ2) is 6.89. The number of pyridine rings is 1. The van der Waals surface area contributed by atoms with Crippen LogP contribution in [0.2, 0.25) is 0 Å². The van der Waals surface area contributed by atoms with Crippen LogP contribution in [0.3, 0.4) is 0 Å². The third-order valence-corrected chi connectivity index (χ3v) is 2.22. The van der Waals surface area contributed by atoms with Gasteiger partial charge in [-0.15, -0.1) is 0 Å². The Morgan fingerprint density at radius 1 is 1.53 bits per heavy atom. The standard InChI is InChI=1S/C11H11BrN2O3/c12-8-6-9(11(16)17)10(14-7-8)13-4-2-1-3-5-15/h6-7,15H,3-5H2,(H,13,14)(H,16,17). The van der Waals surface area contributed by atoms with E-state index in [4.69, 9.17) is 10.2 Å². The molecule has 0 fully saturated rings. The third kappa shape index (κ3) is 4.43. The van der Waals surface area contributed by atoms with Gasteiger partial charge in [0.2, 0.25) is 0 Å². The number of hydrogen-bond donors (Lipinski definition) is 3. The van der Waals surface area contributed by atoms with Gasteiger partial charge in [0, 0.05) is 17.1 Å². The van der Waals surface area contributed by atoms with Gasteiger partial charge in [0.1, 0.15) is 11.4 Å². The number of halogens is 1. The van der Waals surface area contributed by atoms with Crippen molar-refractivity contribution in [2.45, 2.75) is 6.42 Å². The summed E-state index contributed by atoms with van der Waals surface area (Å²) < 4.78 is 0.604. The van der Waals surface area contributed by atoms with Gasteiger partial charge >= 0.3 is 5.97 Å². The first-order valence-corrected chi connectivity index (χ1v) is 5.63. The van der Waals surface area contributed by atoms with E-state index in [9.17, 15) is 4.79 Å². The summed E-state index contributed by atoms with van der Waals surface area (Å²) in [6.45, 7) is 0.304. The van der Waals surface area contributed by atoms with E-state index < -0.39 is 5.97 Å². The molecule has 0 aromatic carbocycles. The van der Waals surface area contributed by atoms with Crippen LogP contribution in [0.5, 0.6) is 0 Å². The molecule has 3 N–H and O–H groups in total. The highest BCUT2D eigenvalue weighted by atomic mass is 79.9. The molecule has 0 saturated carbocycles. The Balaban J connectivity index is 2.71. The SMILES string of the molecule is O=C(O)c1cc(Br)cnc1NCC#CCCO. The second-order valence-corrected chi connectivity index (χ2v) is 3.95. The molecule has 0 atom stereocenters. The van der Waals surface area contributed by atoms with Gasteiger partial charge in [-0.3, -0.25) is 0 Å². The summed E-state index contributed by atoms with van der Waals surface area (Å²) in [5.41, 5.74) is 0.0864. The average molecular weight is 299 g/mol. The quantitative estimate of drug-likeness (QED) is 0.731. The lowest BCUT2D eigenvalue weighted by Gasteiger charge is -2.05. The van der Waals surface area contributed by atoms with E-state index in [2.05, 4.69) is 38.1 Å². The number of carbonyl (C=O) groups is 1. The summed E-state index contributed by atoms with van der Waals surface area (Å²) in [5, 5.41) is 20.3. The molecule has 0 aliphatic rings. The van der Waals surface area contributed by atoms with Gasteiger partial charge in [0.25, 0.3) is 0 Å². The summed E-state index contributed by atoms with van der Waals surface area (Å²) in [6, 6.07) is 1.47. The summed E-state index contributed by atoms with van der Waals surface area (Å²) in [7, 11) is 0. The molecule has 5 nitrogen and oxygen atoms in total. The topological polar surface area (TPSA) is 82.5 Å². The number of nitrogens with zero attached hydrogens (tertiary/aromatic N) is 1. The van der Waals surface area contributed by atoms with Crippen LogP contribution in [0, 0.1) is 11.8 Å². The fourth-order valence-electron chi connectivity index (χ4n) is 1.08. The predicted octanol–water partition coefficient (Wildman–Crippen LogP) is 1.34. The zero-order valence-corrected chi connectivity index (χ0v) is 10.5. The van der Waals surface area contributed by atoms with Crippen molar-refractivity contribution in [3.05, 3.63) is 22.3 Å². The van der Waals surface area contributed by atoms with Crippen molar-refractivity contribution in [3.63, 3.8) is 0 Å². The number of aliphatic hydroxyl groups excluding tert-OH is 1. The van der Waals surface area contributed by atoms with E-state index in [1.165, 1.54) is 12.3 Å². The largest absolute Gasteiger partial charge is 0.478 e. The normalized spacial score (nSPS) is 9.29. The highest BCUT2D eigenvalue weighted by Crippen LogP contribution is 2.17. The fourth-order valence-corrected chi connectivity index (χ4v) is 1.41. The van der Waals surface area contributed by atoms with Crippen LogP contribution in [-0.4, -0.2) is 34.3 Å². The van der Waals surface area contributed by atoms with Gasteiger partial charge in [-0.25, -0.2) is 9.78 Å². The van der Waals surface area contributed by atoms with Crippen molar-refractivity contribution in [3.8, 4) is 11.8 Å². The van der Waals surface area contributed by atoms with Gasteiger partial charge < -0.3 is 15.5 Å². The maximum Gasteiger partial charge on any atom is 0.339 e. The van der Waals surface area contributed by atoms with Crippen molar-refractivity contribution >= 4 is 27.7 Å². The van der Waals surface area contributed by atoms with Gasteiger partial charge in [-0.2, -0.15) is 0 Å². The van der Waals surface area contributed by atoms with Crippen LogP contribution < -0.4 is 5.32 Å². The lowest BCUT2D eigenvalue weighted by atomic mass is 10.2.